The fourth-order valence-electron chi connectivity index (χ4n) is 15.3. The minimum absolute atomic E-state index is 0.0263. The zero-order chi connectivity index (χ0) is 49.9. The molecule has 0 bridgehead atoms. The van der Waals surface area contributed by atoms with Crippen molar-refractivity contribution in [3.8, 4) is 11.3 Å². The third kappa shape index (κ3) is 7.56. The lowest BCUT2D eigenvalue weighted by Gasteiger charge is -2.72. The van der Waals surface area contributed by atoms with Crippen LogP contribution in [0, 0.1) is 62.6 Å². The van der Waals surface area contributed by atoms with Gasteiger partial charge in [0.05, 0.1) is 29.7 Å². The maximum atomic E-state index is 14.8. The van der Waals surface area contributed by atoms with E-state index in [4.69, 9.17) is 21.1 Å². The number of hydrogen-bond acceptors (Lipinski definition) is 9. The molecule has 1 aromatic heterocycles. The molecule has 5 fully saturated rings. The number of rotatable bonds is 10. The summed E-state index contributed by atoms with van der Waals surface area (Å²) >= 11 is 6.12. The second kappa shape index (κ2) is 16.8. The highest BCUT2D eigenvalue weighted by molar-refractivity contribution is 6.30. The number of nitrogens with one attached hydrogen (secondary N) is 2. The summed E-state index contributed by atoms with van der Waals surface area (Å²) in [4.78, 5) is 82.0. The number of allylic oxidation sites excluding steroid dienone is 1. The van der Waals surface area contributed by atoms with Gasteiger partial charge in [0.2, 0.25) is 5.91 Å². The minimum atomic E-state index is -1.48. The number of esters is 1. The van der Waals surface area contributed by atoms with E-state index in [9.17, 15) is 33.9 Å². The summed E-state index contributed by atoms with van der Waals surface area (Å²) in [6, 6.07) is 8.32. The second-order valence-electron chi connectivity index (χ2n) is 24.1. The Morgan fingerprint density at radius 3 is 2.18 bits per heavy atom. The van der Waals surface area contributed by atoms with E-state index in [1.165, 1.54) is 6.07 Å². The summed E-state index contributed by atoms with van der Waals surface area (Å²) in [7, 11) is 0. The lowest BCUT2D eigenvalue weighted by atomic mass is 9.33. The molecule has 8 rings (SSSR count). The average Bonchev–Trinajstić information content (AvgIpc) is 3.81. The number of nitrogens with zero attached hydrogens (tertiary/aromatic N) is 2. The number of benzene rings is 1. The number of hydrogen-bond donors (Lipinski definition) is 3. The van der Waals surface area contributed by atoms with Crippen LogP contribution >= 0.6 is 11.6 Å². The standard InChI is InChI=1S/C54H73ClN4O9/c1-13-67-47(66)59-36(27-35(58-59)30-14-16-31(55)17-15-30)43(61)56-50(8,9)46(65)57-54-25-24-52(11)32(42(54)41(29(2)3)37(60)28-54)18-19-39-51(10)22-21-40(49(6,7)38(51)20-23-53(39,52)12)68-45(64)34-26-33(44(62)63)48(34,4)5/h14-17,27,29,32-34,38-40H,13,18-26,28H2,1-12H3,(H,56,61)(H,57,65)(H,62,63)/t32-,33+,34-,38+,39-,40+,51+,52-,53-,54-/m1/s1. The highest BCUT2D eigenvalue weighted by Gasteiger charge is 2.71. The number of ketones is 1. The molecule has 6 aliphatic rings. The number of carboxylic acid groups (broad SMARTS) is 1. The van der Waals surface area contributed by atoms with Crippen LogP contribution in [-0.2, 0) is 28.7 Å². The molecule has 1 heterocycles. The van der Waals surface area contributed by atoms with Gasteiger partial charge in [0.15, 0.2) is 5.78 Å². The molecule has 6 aliphatic carbocycles. The van der Waals surface area contributed by atoms with E-state index in [0.717, 1.165) is 60.8 Å². The molecular weight excluding hydrogens is 884 g/mol. The van der Waals surface area contributed by atoms with Crippen LogP contribution in [0.2, 0.25) is 5.02 Å². The van der Waals surface area contributed by atoms with Gasteiger partial charge in [-0.3, -0.25) is 24.0 Å². The normalized spacial score (nSPS) is 34.6. The Hall–Kier alpha value is -4.52. The molecule has 3 N–H and O–H groups in total. The number of aliphatic carboxylic acids is 1. The van der Waals surface area contributed by atoms with Gasteiger partial charge in [-0.2, -0.15) is 9.78 Å². The van der Waals surface area contributed by atoms with Gasteiger partial charge in [0.25, 0.3) is 5.91 Å². The van der Waals surface area contributed by atoms with Crippen LogP contribution in [0.3, 0.4) is 0 Å². The van der Waals surface area contributed by atoms with E-state index in [1.54, 1.807) is 45.0 Å². The van der Waals surface area contributed by atoms with Gasteiger partial charge >= 0.3 is 18.0 Å². The van der Waals surface area contributed by atoms with Crippen LogP contribution in [0.25, 0.3) is 11.3 Å². The number of ether oxygens (including phenoxy) is 2. The molecule has 5 saturated carbocycles. The molecule has 1 aromatic carbocycles. The Bertz CT molecular complexity index is 2470. The van der Waals surface area contributed by atoms with E-state index in [1.807, 2.05) is 13.8 Å². The quantitative estimate of drug-likeness (QED) is 0.194. The molecule has 13 nitrogen and oxygen atoms in total. The van der Waals surface area contributed by atoms with E-state index in [-0.39, 0.29) is 70.1 Å². The van der Waals surface area contributed by atoms with E-state index in [0.29, 0.717) is 41.0 Å². The Morgan fingerprint density at radius 1 is 0.882 bits per heavy atom. The van der Waals surface area contributed by atoms with Gasteiger partial charge in [-0.25, -0.2) is 4.79 Å². The predicted octanol–water partition coefficient (Wildman–Crippen LogP) is 10.2. The maximum Gasteiger partial charge on any atom is 0.435 e. The summed E-state index contributed by atoms with van der Waals surface area (Å²) in [5, 5.41) is 20.9. The lowest BCUT2D eigenvalue weighted by Crippen LogP contribution is -2.68. The van der Waals surface area contributed by atoms with Gasteiger partial charge in [-0.1, -0.05) is 86.0 Å². The largest absolute Gasteiger partial charge is 0.481 e. The van der Waals surface area contributed by atoms with E-state index >= 15 is 0 Å². The molecule has 2 aromatic rings. The Labute approximate surface area is 406 Å². The molecule has 370 valence electrons. The Kier molecular flexibility index (Phi) is 12.3. The van der Waals surface area contributed by atoms with Gasteiger partial charge in [-0.05, 0) is 153 Å². The van der Waals surface area contributed by atoms with Crippen LogP contribution in [-0.4, -0.2) is 74.3 Å². The van der Waals surface area contributed by atoms with Crippen LogP contribution in [0.5, 0.6) is 0 Å². The molecule has 0 saturated heterocycles. The summed E-state index contributed by atoms with van der Waals surface area (Å²) in [6.45, 7) is 24.8. The third-order valence-corrected chi connectivity index (χ3v) is 19.6. The zero-order valence-electron chi connectivity index (χ0n) is 42.2. The molecule has 2 amide bonds. The fourth-order valence-corrected chi connectivity index (χ4v) is 15.4. The molecule has 10 atom stereocenters. The van der Waals surface area contributed by atoms with Crippen molar-refractivity contribution in [2.75, 3.05) is 6.61 Å². The van der Waals surface area contributed by atoms with Crippen molar-refractivity contribution in [3.05, 3.63) is 52.2 Å². The number of carboxylic acids is 1. The zero-order valence-corrected chi connectivity index (χ0v) is 42.9. The molecule has 14 heteroatoms. The molecular formula is C54H73ClN4O9. The Morgan fingerprint density at radius 2 is 1.56 bits per heavy atom. The molecule has 68 heavy (non-hydrogen) atoms. The first-order valence-corrected chi connectivity index (χ1v) is 25.4. The van der Waals surface area contributed by atoms with Crippen molar-refractivity contribution >= 4 is 47.2 Å². The SMILES string of the molecule is CCOC(=O)n1nc(-c2ccc(Cl)cc2)cc1C(=O)NC(C)(C)C(=O)N[C@@]12CC[C@]3(C)[C@H](CC[C@@H]4[C@@]5(C)CC[C@H](OC(=O)[C@H]6C[C@@H](C(=O)O)C6(C)C)C(C)(C)[C@@H]5CC[C@]43C)C1=C(C(C)C)C(=O)C2. The maximum absolute atomic E-state index is 14.8. The topological polar surface area (TPSA) is 183 Å². The monoisotopic (exact) mass is 957 g/mol. The van der Waals surface area contributed by atoms with Crippen molar-refractivity contribution in [2.45, 2.75) is 164 Å². The highest BCUT2D eigenvalue weighted by atomic mass is 35.5. The van der Waals surface area contributed by atoms with E-state index in [2.05, 4.69) is 64.2 Å². The predicted molar refractivity (Wildman–Crippen MR) is 257 cm³/mol. The highest BCUT2D eigenvalue weighted by Crippen LogP contribution is 2.76. The number of halogens is 1. The summed E-state index contributed by atoms with van der Waals surface area (Å²) in [6.07, 6.45) is 6.27. The minimum Gasteiger partial charge on any atom is -0.481 e. The van der Waals surface area contributed by atoms with Gasteiger partial charge < -0.3 is 25.2 Å². The lowest BCUT2D eigenvalue weighted by molar-refractivity contribution is -0.235. The number of amides is 2. The number of carbonyl (C=O) groups is 6. The molecule has 0 aliphatic heterocycles. The van der Waals surface area contributed by atoms with Crippen LogP contribution in [0.1, 0.15) is 158 Å². The van der Waals surface area contributed by atoms with Gasteiger partial charge in [-0.15, -0.1) is 0 Å². The van der Waals surface area contributed by atoms with Crippen molar-refractivity contribution in [1.29, 1.82) is 0 Å². The molecule has 0 spiro atoms. The van der Waals surface area contributed by atoms with Gasteiger partial charge in [0.1, 0.15) is 17.3 Å². The first kappa shape index (κ1) is 49.9. The number of carbonyl (C=O) groups excluding carboxylic acids is 5. The first-order valence-electron chi connectivity index (χ1n) is 25.0. The number of Topliss-reactive ketones (excluding diaryl/α,β-unsaturated/α-hetero) is 1. The number of fused-ring (bicyclic) bond motifs is 7. The summed E-state index contributed by atoms with van der Waals surface area (Å²) in [5.41, 5.74) is -0.850. The van der Waals surface area contributed by atoms with E-state index < -0.39 is 52.2 Å². The average molecular weight is 958 g/mol. The van der Waals surface area contributed by atoms with Crippen molar-refractivity contribution < 1.29 is 43.3 Å². The van der Waals surface area contributed by atoms with Crippen molar-refractivity contribution in [2.24, 2.45) is 62.6 Å². The molecule has 0 unspecified atom stereocenters. The second-order valence-corrected chi connectivity index (χ2v) is 24.6. The first-order chi connectivity index (χ1) is 31.6. The third-order valence-electron chi connectivity index (χ3n) is 19.3. The Balaban J connectivity index is 1.03. The van der Waals surface area contributed by atoms with Crippen molar-refractivity contribution in [3.63, 3.8) is 0 Å². The molecule has 0 radical (unpaired) electrons. The van der Waals surface area contributed by atoms with Crippen molar-refractivity contribution in [1.82, 2.24) is 20.4 Å². The smallest absolute Gasteiger partial charge is 0.435 e. The van der Waals surface area contributed by atoms with Crippen LogP contribution in [0.4, 0.5) is 4.79 Å². The van der Waals surface area contributed by atoms with Crippen LogP contribution in [0.15, 0.2) is 41.5 Å². The fraction of sp³-hybridized carbons (Fsp3) is 0.685. The summed E-state index contributed by atoms with van der Waals surface area (Å²) < 4.78 is 12.6. The van der Waals surface area contributed by atoms with Crippen LogP contribution < -0.4 is 10.6 Å². The summed E-state index contributed by atoms with van der Waals surface area (Å²) in [5.74, 6) is -2.48. The van der Waals surface area contributed by atoms with Gasteiger partial charge in [0, 0.05) is 22.4 Å². The number of aromatic nitrogens is 2.